The summed E-state index contributed by atoms with van der Waals surface area (Å²) in [5.41, 5.74) is 2.53. The quantitative estimate of drug-likeness (QED) is 0.714. The molecule has 0 bridgehead atoms. The number of carbonyl (C=O) groups is 3. The molecule has 2 N–H and O–H groups in total. The maximum Gasteiger partial charge on any atom is 0.347 e. The summed E-state index contributed by atoms with van der Waals surface area (Å²) in [7, 11) is 0. The average Bonchev–Trinajstić information content (AvgIpc) is 2.67. The fourth-order valence-corrected chi connectivity index (χ4v) is 2.46. The van der Waals surface area contributed by atoms with Gasteiger partial charge in [0.05, 0.1) is 0 Å². The van der Waals surface area contributed by atoms with Gasteiger partial charge in [-0.2, -0.15) is 0 Å². The van der Waals surface area contributed by atoms with E-state index in [1.165, 1.54) is 0 Å². The number of nitrogens with one attached hydrogen (secondary N) is 2. The number of imide groups is 1. The summed E-state index contributed by atoms with van der Waals surface area (Å²) < 4.78 is 10.5. The van der Waals surface area contributed by atoms with Gasteiger partial charge in [0.1, 0.15) is 5.75 Å². The molecule has 0 aliphatic rings. The first-order chi connectivity index (χ1) is 13.4. The van der Waals surface area contributed by atoms with Crippen molar-refractivity contribution in [2.45, 2.75) is 33.3 Å². The number of ether oxygens (including phenoxy) is 2. The minimum absolute atomic E-state index is 0.378. The Balaban J connectivity index is 1.80. The molecule has 3 amide bonds. The zero-order valence-electron chi connectivity index (χ0n) is 16.2. The third kappa shape index (κ3) is 6.42. The lowest BCUT2D eigenvalue weighted by molar-refractivity contribution is -0.155. The van der Waals surface area contributed by atoms with Crippen LogP contribution in [0.25, 0.3) is 0 Å². The van der Waals surface area contributed by atoms with Crippen LogP contribution in [0, 0.1) is 13.8 Å². The number of benzene rings is 2. The molecule has 0 radical (unpaired) electrons. The molecule has 7 heteroatoms. The molecule has 148 valence electrons. The molecule has 2 aromatic rings. The second kappa shape index (κ2) is 10.1. The van der Waals surface area contributed by atoms with Gasteiger partial charge < -0.3 is 14.8 Å². The van der Waals surface area contributed by atoms with Gasteiger partial charge in [-0.1, -0.05) is 42.8 Å². The van der Waals surface area contributed by atoms with Gasteiger partial charge in [0.15, 0.2) is 12.7 Å². The van der Waals surface area contributed by atoms with E-state index in [0.717, 1.165) is 11.1 Å². The monoisotopic (exact) mass is 384 g/mol. The van der Waals surface area contributed by atoms with Crippen molar-refractivity contribution < 1.29 is 23.9 Å². The third-order valence-corrected chi connectivity index (χ3v) is 3.88. The Morgan fingerprint density at radius 3 is 2.39 bits per heavy atom. The average molecular weight is 384 g/mol. The van der Waals surface area contributed by atoms with E-state index >= 15 is 0 Å². The molecular weight excluding hydrogens is 360 g/mol. The Morgan fingerprint density at radius 2 is 1.75 bits per heavy atom. The molecule has 0 saturated carbocycles. The van der Waals surface area contributed by atoms with Crippen LogP contribution >= 0.6 is 0 Å². The standard InChI is InChI=1S/C21H24N2O5/c1-4-18(28-16-8-6-5-7-9-16)20(25)27-13-19(24)23-21(26)22-17-11-10-14(2)12-15(17)3/h5-12,18H,4,13H2,1-3H3,(H2,22,23,24,26)/t18-/m0/s1. The Bertz CT molecular complexity index is 836. The van der Waals surface area contributed by atoms with Crippen LogP contribution in [0.2, 0.25) is 0 Å². The maximum absolute atomic E-state index is 12.1. The van der Waals surface area contributed by atoms with Gasteiger partial charge in [0.25, 0.3) is 5.91 Å². The number of amides is 3. The number of para-hydroxylation sites is 1. The number of anilines is 1. The van der Waals surface area contributed by atoms with E-state index in [-0.39, 0.29) is 0 Å². The molecule has 2 aromatic carbocycles. The highest BCUT2D eigenvalue weighted by molar-refractivity contribution is 6.02. The van der Waals surface area contributed by atoms with E-state index in [9.17, 15) is 14.4 Å². The highest BCUT2D eigenvalue weighted by atomic mass is 16.6. The van der Waals surface area contributed by atoms with Crippen molar-refractivity contribution in [3.8, 4) is 5.75 Å². The largest absolute Gasteiger partial charge is 0.479 e. The van der Waals surface area contributed by atoms with Crippen LogP contribution in [0.3, 0.4) is 0 Å². The minimum atomic E-state index is -0.834. The topological polar surface area (TPSA) is 93.7 Å². The number of rotatable bonds is 7. The number of urea groups is 1. The molecule has 0 spiro atoms. The molecule has 0 aliphatic heterocycles. The molecule has 0 aromatic heterocycles. The summed E-state index contributed by atoms with van der Waals surface area (Å²) in [5.74, 6) is -0.870. The van der Waals surface area contributed by atoms with E-state index in [4.69, 9.17) is 9.47 Å². The van der Waals surface area contributed by atoms with Crippen molar-refractivity contribution in [2.24, 2.45) is 0 Å². The Morgan fingerprint density at radius 1 is 1.04 bits per heavy atom. The fraction of sp³-hybridized carbons (Fsp3) is 0.286. The lowest BCUT2D eigenvalue weighted by Crippen LogP contribution is -2.39. The number of aryl methyl sites for hydroxylation is 2. The Hall–Kier alpha value is -3.35. The third-order valence-electron chi connectivity index (χ3n) is 3.88. The molecule has 0 fully saturated rings. The Labute approximate surface area is 164 Å². The maximum atomic E-state index is 12.1. The zero-order chi connectivity index (χ0) is 20.5. The van der Waals surface area contributed by atoms with E-state index in [1.54, 1.807) is 37.3 Å². The van der Waals surface area contributed by atoms with E-state index in [0.29, 0.717) is 17.9 Å². The van der Waals surface area contributed by atoms with Crippen LogP contribution < -0.4 is 15.4 Å². The predicted molar refractivity (Wildman–Crippen MR) is 105 cm³/mol. The van der Waals surface area contributed by atoms with Gasteiger partial charge in [-0.25, -0.2) is 9.59 Å². The summed E-state index contributed by atoms with van der Waals surface area (Å²) in [6, 6.07) is 13.7. The molecule has 0 unspecified atom stereocenters. The summed E-state index contributed by atoms with van der Waals surface area (Å²) in [6.45, 7) is 4.99. The SMILES string of the molecule is CC[C@H](Oc1ccccc1)C(=O)OCC(=O)NC(=O)Nc1ccc(C)cc1C. The first kappa shape index (κ1) is 21.0. The van der Waals surface area contributed by atoms with Crippen molar-refractivity contribution in [1.82, 2.24) is 5.32 Å². The summed E-state index contributed by atoms with van der Waals surface area (Å²) in [6.07, 6.45) is -0.457. The normalized spacial score (nSPS) is 11.2. The van der Waals surface area contributed by atoms with Crippen molar-refractivity contribution in [3.05, 3.63) is 59.7 Å². The van der Waals surface area contributed by atoms with Gasteiger partial charge in [-0.05, 0) is 44.0 Å². The summed E-state index contributed by atoms with van der Waals surface area (Å²) in [5, 5.41) is 4.71. The zero-order valence-corrected chi connectivity index (χ0v) is 16.2. The van der Waals surface area contributed by atoms with E-state index in [2.05, 4.69) is 10.6 Å². The molecule has 1 atom stereocenters. The second-order valence-corrected chi connectivity index (χ2v) is 6.26. The summed E-state index contributed by atoms with van der Waals surface area (Å²) in [4.78, 5) is 35.9. The Kier molecular flexibility index (Phi) is 7.56. The van der Waals surface area contributed by atoms with Crippen molar-refractivity contribution in [3.63, 3.8) is 0 Å². The molecule has 7 nitrogen and oxygen atoms in total. The summed E-state index contributed by atoms with van der Waals surface area (Å²) >= 11 is 0. The lowest BCUT2D eigenvalue weighted by Gasteiger charge is -2.16. The second-order valence-electron chi connectivity index (χ2n) is 6.26. The van der Waals surface area contributed by atoms with Crippen molar-refractivity contribution in [2.75, 3.05) is 11.9 Å². The highest BCUT2D eigenvalue weighted by Crippen LogP contribution is 2.16. The minimum Gasteiger partial charge on any atom is -0.479 e. The van der Waals surface area contributed by atoms with Crippen molar-refractivity contribution in [1.29, 1.82) is 0 Å². The first-order valence-corrected chi connectivity index (χ1v) is 8.95. The van der Waals surface area contributed by atoms with Crippen LogP contribution in [0.1, 0.15) is 24.5 Å². The van der Waals surface area contributed by atoms with Crippen LogP contribution in [0.4, 0.5) is 10.5 Å². The van der Waals surface area contributed by atoms with Gasteiger partial charge >= 0.3 is 12.0 Å². The number of esters is 1. The fourth-order valence-electron chi connectivity index (χ4n) is 2.46. The molecule has 2 rings (SSSR count). The van der Waals surface area contributed by atoms with Gasteiger partial charge in [-0.15, -0.1) is 0 Å². The van der Waals surface area contributed by atoms with Gasteiger partial charge in [0, 0.05) is 5.69 Å². The van der Waals surface area contributed by atoms with Crippen LogP contribution in [-0.2, 0) is 14.3 Å². The molecule has 28 heavy (non-hydrogen) atoms. The van der Waals surface area contributed by atoms with Gasteiger partial charge in [0.2, 0.25) is 0 Å². The number of hydrogen-bond donors (Lipinski definition) is 2. The highest BCUT2D eigenvalue weighted by Gasteiger charge is 2.21. The number of hydrogen-bond acceptors (Lipinski definition) is 5. The van der Waals surface area contributed by atoms with Gasteiger partial charge in [-0.3, -0.25) is 10.1 Å². The molecule has 0 aliphatic carbocycles. The van der Waals surface area contributed by atoms with Crippen LogP contribution in [0.5, 0.6) is 5.75 Å². The molecule has 0 saturated heterocycles. The van der Waals surface area contributed by atoms with Crippen molar-refractivity contribution >= 4 is 23.6 Å². The van der Waals surface area contributed by atoms with E-state index in [1.807, 2.05) is 32.0 Å². The van der Waals surface area contributed by atoms with E-state index < -0.39 is 30.6 Å². The predicted octanol–water partition coefficient (Wildman–Crippen LogP) is 3.35. The smallest absolute Gasteiger partial charge is 0.347 e. The first-order valence-electron chi connectivity index (χ1n) is 8.95. The van der Waals surface area contributed by atoms with Crippen LogP contribution in [0.15, 0.2) is 48.5 Å². The lowest BCUT2D eigenvalue weighted by atomic mass is 10.1. The number of carbonyl (C=O) groups excluding carboxylic acids is 3. The molecular formula is C21H24N2O5. The molecule has 0 heterocycles. The van der Waals surface area contributed by atoms with Crippen LogP contribution in [-0.4, -0.2) is 30.6 Å².